The molecule has 0 aromatic heterocycles. The lowest BCUT2D eigenvalue weighted by molar-refractivity contribution is -0.175. The van der Waals surface area contributed by atoms with Crippen molar-refractivity contribution in [2.24, 2.45) is 0 Å². The highest BCUT2D eigenvalue weighted by Crippen LogP contribution is 2.18. The topological polar surface area (TPSA) is 30.5 Å². The third-order valence-electron chi connectivity index (χ3n) is 2.92. The molecule has 1 N–H and O–H groups in total. The van der Waals surface area contributed by atoms with Gasteiger partial charge in [0, 0.05) is 13.2 Å². The van der Waals surface area contributed by atoms with Crippen LogP contribution in [0.3, 0.4) is 0 Å². The van der Waals surface area contributed by atoms with Crippen LogP contribution in [0.4, 0.5) is 13.2 Å². The van der Waals surface area contributed by atoms with Gasteiger partial charge in [0.1, 0.15) is 6.61 Å². The maximum absolute atomic E-state index is 12.0. The Morgan fingerprint density at radius 2 is 1.84 bits per heavy atom. The summed E-state index contributed by atoms with van der Waals surface area (Å²) >= 11 is 0. The lowest BCUT2D eigenvalue weighted by atomic mass is 9.99. The van der Waals surface area contributed by atoms with Gasteiger partial charge in [0.05, 0.1) is 12.2 Å². The van der Waals surface area contributed by atoms with E-state index in [1.54, 1.807) is 7.11 Å². The van der Waals surface area contributed by atoms with E-state index in [9.17, 15) is 13.2 Å². The summed E-state index contributed by atoms with van der Waals surface area (Å²) in [5, 5.41) is 3.20. The lowest BCUT2D eigenvalue weighted by Crippen LogP contribution is -2.37. The van der Waals surface area contributed by atoms with Crippen molar-refractivity contribution < 1.29 is 22.6 Å². The molecule has 0 aliphatic rings. The number of alkyl halides is 3. The molecule has 0 rings (SSSR count). The van der Waals surface area contributed by atoms with Crippen LogP contribution in [0.25, 0.3) is 0 Å². The highest BCUT2D eigenvalue weighted by atomic mass is 19.4. The van der Waals surface area contributed by atoms with E-state index in [0.29, 0.717) is 0 Å². The predicted molar refractivity (Wildman–Crippen MR) is 69.3 cm³/mol. The Morgan fingerprint density at radius 1 is 1.21 bits per heavy atom. The monoisotopic (exact) mass is 285 g/mol. The molecule has 0 saturated heterocycles. The summed E-state index contributed by atoms with van der Waals surface area (Å²) in [5.74, 6) is 0. The van der Waals surface area contributed by atoms with Gasteiger partial charge in [-0.3, -0.25) is 0 Å². The second kappa shape index (κ2) is 8.76. The van der Waals surface area contributed by atoms with Gasteiger partial charge in [0.25, 0.3) is 0 Å². The molecule has 0 aliphatic carbocycles. The highest BCUT2D eigenvalue weighted by molar-refractivity contribution is 4.74. The summed E-state index contributed by atoms with van der Waals surface area (Å²) in [5.41, 5.74) is -0.268. The maximum atomic E-state index is 12.0. The summed E-state index contributed by atoms with van der Waals surface area (Å²) in [6, 6.07) is -0.0725. The largest absolute Gasteiger partial charge is 0.411 e. The fourth-order valence-electron chi connectivity index (χ4n) is 1.53. The molecule has 0 aromatic rings. The molecule has 1 atom stereocenters. The molecule has 6 heteroatoms. The molecule has 0 aliphatic heterocycles. The standard InChI is InChI=1S/C13H26F3NO2/c1-5-8-17-11(6-7-12(2,3)18-4)9-19-10-13(14,15)16/h11,17H,5-10H2,1-4H3. The Morgan fingerprint density at radius 3 is 2.32 bits per heavy atom. The van der Waals surface area contributed by atoms with Crippen LogP contribution in [0, 0.1) is 0 Å². The molecule has 3 nitrogen and oxygen atoms in total. The quantitative estimate of drug-likeness (QED) is 0.669. The van der Waals surface area contributed by atoms with Crippen molar-refractivity contribution in [2.75, 3.05) is 26.9 Å². The van der Waals surface area contributed by atoms with E-state index in [4.69, 9.17) is 9.47 Å². The zero-order valence-corrected chi connectivity index (χ0v) is 12.3. The summed E-state index contributed by atoms with van der Waals surface area (Å²) < 4.78 is 46.1. The van der Waals surface area contributed by atoms with E-state index in [1.165, 1.54) is 0 Å². The van der Waals surface area contributed by atoms with Crippen LogP contribution in [0.2, 0.25) is 0 Å². The van der Waals surface area contributed by atoms with Gasteiger partial charge in [0.15, 0.2) is 0 Å². The Balaban J connectivity index is 4.08. The van der Waals surface area contributed by atoms with Gasteiger partial charge in [-0.1, -0.05) is 6.92 Å². The molecule has 0 bridgehead atoms. The number of ether oxygens (including phenoxy) is 2. The molecule has 0 saturated carbocycles. The highest BCUT2D eigenvalue weighted by Gasteiger charge is 2.28. The molecule has 0 fully saturated rings. The van der Waals surface area contributed by atoms with Crippen LogP contribution < -0.4 is 5.32 Å². The Hall–Kier alpha value is -0.330. The van der Waals surface area contributed by atoms with Gasteiger partial charge in [0.2, 0.25) is 0 Å². The lowest BCUT2D eigenvalue weighted by Gasteiger charge is -2.26. The third kappa shape index (κ3) is 11.2. The number of halogens is 3. The molecule has 0 radical (unpaired) electrons. The molecular formula is C13H26F3NO2. The number of hydrogen-bond donors (Lipinski definition) is 1. The van der Waals surface area contributed by atoms with Gasteiger partial charge in [-0.15, -0.1) is 0 Å². The fourth-order valence-corrected chi connectivity index (χ4v) is 1.53. The van der Waals surface area contributed by atoms with Crippen molar-refractivity contribution in [1.29, 1.82) is 0 Å². The van der Waals surface area contributed by atoms with Gasteiger partial charge < -0.3 is 14.8 Å². The molecule has 0 amide bonds. The van der Waals surface area contributed by atoms with Crippen molar-refractivity contribution in [3.8, 4) is 0 Å². The van der Waals surface area contributed by atoms with Crippen LogP contribution in [0.5, 0.6) is 0 Å². The van der Waals surface area contributed by atoms with E-state index in [-0.39, 0.29) is 18.2 Å². The van der Waals surface area contributed by atoms with Gasteiger partial charge >= 0.3 is 6.18 Å². The van der Waals surface area contributed by atoms with Gasteiger partial charge in [-0.25, -0.2) is 0 Å². The van der Waals surface area contributed by atoms with Crippen LogP contribution in [-0.4, -0.2) is 44.7 Å². The molecule has 1 unspecified atom stereocenters. The summed E-state index contributed by atoms with van der Waals surface area (Å²) in [6.07, 6.45) is -1.84. The first-order chi connectivity index (χ1) is 8.70. The number of nitrogens with one attached hydrogen (secondary N) is 1. The molecular weight excluding hydrogens is 259 g/mol. The summed E-state index contributed by atoms with van der Waals surface area (Å²) in [7, 11) is 1.63. The number of rotatable bonds is 10. The second-order valence-electron chi connectivity index (χ2n) is 5.28. The van der Waals surface area contributed by atoms with Crippen molar-refractivity contribution in [1.82, 2.24) is 5.32 Å². The molecule has 19 heavy (non-hydrogen) atoms. The van der Waals surface area contributed by atoms with E-state index < -0.39 is 12.8 Å². The van der Waals surface area contributed by atoms with Crippen molar-refractivity contribution in [3.63, 3.8) is 0 Å². The van der Waals surface area contributed by atoms with Crippen LogP contribution in [0.1, 0.15) is 40.0 Å². The third-order valence-corrected chi connectivity index (χ3v) is 2.92. The van der Waals surface area contributed by atoms with Gasteiger partial charge in [-0.2, -0.15) is 13.2 Å². The number of methoxy groups -OCH3 is 1. The Bertz CT molecular complexity index is 232. The SMILES string of the molecule is CCCNC(CCC(C)(C)OC)COCC(F)(F)F. The van der Waals surface area contributed by atoms with Crippen LogP contribution in [-0.2, 0) is 9.47 Å². The van der Waals surface area contributed by atoms with Crippen molar-refractivity contribution >= 4 is 0 Å². The Labute approximate surface area is 113 Å². The summed E-state index contributed by atoms with van der Waals surface area (Å²) in [6.45, 7) is 5.58. The van der Waals surface area contributed by atoms with Crippen molar-refractivity contribution in [3.05, 3.63) is 0 Å². The zero-order valence-electron chi connectivity index (χ0n) is 12.3. The minimum Gasteiger partial charge on any atom is -0.379 e. The summed E-state index contributed by atoms with van der Waals surface area (Å²) in [4.78, 5) is 0. The van der Waals surface area contributed by atoms with E-state index in [2.05, 4.69) is 5.32 Å². The van der Waals surface area contributed by atoms with E-state index in [0.717, 1.165) is 25.8 Å². The molecule has 0 spiro atoms. The first kappa shape index (κ1) is 18.7. The van der Waals surface area contributed by atoms with Gasteiger partial charge in [-0.05, 0) is 39.7 Å². The van der Waals surface area contributed by atoms with Crippen molar-refractivity contribution in [2.45, 2.75) is 57.9 Å². The van der Waals surface area contributed by atoms with Crippen LogP contribution >= 0.6 is 0 Å². The fraction of sp³-hybridized carbons (Fsp3) is 1.00. The molecule has 116 valence electrons. The van der Waals surface area contributed by atoms with E-state index >= 15 is 0 Å². The second-order valence-corrected chi connectivity index (χ2v) is 5.28. The predicted octanol–water partition coefficient (Wildman–Crippen LogP) is 3.14. The average Bonchev–Trinajstić information content (AvgIpc) is 2.30. The zero-order chi connectivity index (χ0) is 14.9. The molecule has 0 heterocycles. The Kier molecular flexibility index (Phi) is 8.61. The smallest absolute Gasteiger partial charge is 0.379 e. The van der Waals surface area contributed by atoms with E-state index in [1.807, 2.05) is 20.8 Å². The maximum Gasteiger partial charge on any atom is 0.411 e. The first-order valence-corrected chi connectivity index (χ1v) is 6.63. The molecule has 0 aromatic carbocycles. The minimum absolute atomic E-state index is 0.0688. The average molecular weight is 285 g/mol. The first-order valence-electron chi connectivity index (χ1n) is 6.63. The number of hydrogen-bond acceptors (Lipinski definition) is 3. The minimum atomic E-state index is -4.26. The normalized spacial score (nSPS) is 14.7. The van der Waals surface area contributed by atoms with Crippen LogP contribution in [0.15, 0.2) is 0 Å².